The van der Waals surface area contributed by atoms with Crippen LogP contribution in [0.1, 0.15) is 130 Å². The van der Waals surface area contributed by atoms with Gasteiger partial charge in [-0.3, -0.25) is 33.8 Å². The minimum Gasteiger partial charge on any atom is -0.462 e. The lowest BCUT2D eigenvalue weighted by Crippen LogP contribution is -2.56. The zero-order valence-corrected chi connectivity index (χ0v) is 81.6. The molecule has 33 heteroatoms. The normalized spacial score (nSPS) is 21.4. The van der Waals surface area contributed by atoms with Crippen LogP contribution in [0.5, 0.6) is 18.0 Å². The molecule has 30 nitrogen and oxygen atoms in total. The number of aryl methyl sites for hydroxylation is 4. The van der Waals surface area contributed by atoms with Gasteiger partial charge in [0.2, 0.25) is 11.8 Å². The second-order valence-corrected chi connectivity index (χ2v) is 39.7. The standard InChI is InChI=1S/C109H119F3N24O6/c1-69-16-11-19-74-20-14-25-94(99(69)74)128-43-35-88-91(63-128)119-107(123-104(88)133-48-51-136(82(62-133)34-40-115)105(139)72(4)109(110,111)112)141-67-84-53-77(58-125(84)6)76-52-75-21-12-17-70(2)100(75)96(55-76)130-45-37-90-93(65-130)120-108(122-103(90)132-47-50-135(81(61-132)33-39-114)98(138)31-27-79-22-9-10-41-116-79)142-68-85-54-78(59-126(85)7)86-28-29-95(101-71(3)18-13-24-87(86)101)129-44-36-89-92(64-129)118-106(140-66-83-23-15-42-124(83)5)121-102(89)131-46-49-134(80(60-131)32-38-113)97(137)30-26-73-56-117-127(8)57-73/h9-14,16-22,24-31,41,52,55-57,77-78,80-85H,4,15,23,32-37,42-51,53-54,58-68H2,1-3,5-8H3/b30-26+,31-27+/t77?,78?,80-,81-,82-,83-,84-,85-/m0/s1. The van der Waals surface area contributed by atoms with Gasteiger partial charge in [-0.15, -0.1) is 0 Å². The zero-order valence-electron chi connectivity index (χ0n) is 81.6. The summed E-state index contributed by atoms with van der Waals surface area (Å²) in [5.74, 6) is 0.765. The Morgan fingerprint density at radius 2 is 0.965 bits per heavy atom. The number of ether oxygens (including phenoxy) is 3. The van der Waals surface area contributed by atoms with Gasteiger partial charge in [-0.2, -0.15) is 64.0 Å². The molecule has 20 rings (SSSR count). The quantitative estimate of drug-likeness (QED) is 0.0480. The summed E-state index contributed by atoms with van der Waals surface area (Å²) in [4.78, 5) is 103. The number of aromatic nitrogens is 9. The number of fused-ring (bicyclic) bond motifs is 6. The average molecular weight is 1920 g/mol. The van der Waals surface area contributed by atoms with Gasteiger partial charge < -0.3 is 63.2 Å². The fourth-order valence-electron chi connectivity index (χ4n) is 23.2. The first-order valence-electron chi connectivity index (χ1n) is 49.6. The Labute approximate surface area is 825 Å². The zero-order chi connectivity index (χ0) is 98.3. The van der Waals surface area contributed by atoms with Crippen molar-refractivity contribution >= 4 is 96.7 Å². The summed E-state index contributed by atoms with van der Waals surface area (Å²) < 4.78 is 64.4. The number of pyridine rings is 1. The number of likely N-dealkylation sites (N-methyl/N-ethyl adjacent to an activating group) is 3. The lowest BCUT2D eigenvalue weighted by molar-refractivity contribution is -0.142. The largest absolute Gasteiger partial charge is 0.462 e. The van der Waals surface area contributed by atoms with Crippen molar-refractivity contribution < 1.29 is 41.8 Å². The number of rotatable bonds is 25. The Hall–Kier alpha value is -14.3. The number of likely N-dealkylation sites (tertiary alicyclic amines) is 3. The molecule has 142 heavy (non-hydrogen) atoms. The highest BCUT2D eigenvalue weighted by Gasteiger charge is 2.45. The molecule has 14 heterocycles. The molecule has 0 radical (unpaired) electrons. The molecule has 11 aromatic rings. The van der Waals surface area contributed by atoms with Crippen molar-refractivity contribution in [2.24, 2.45) is 7.05 Å². The number of piperazine rings is 3. The molecule has 2 unspecified atom stereocenters. The van der Waals surface area contributed by atoms with E-state index in [1.807, 2.05) is 41.2 Å². The first-order chi connectivity index (χ1) is 68.8. The van der Waals surface area contributed by atoms with Crippen molar-refractivity contribution in [1.82, 2.24) is 74.1 Å². The van der Waals surface area contributed by atoms with E-state index in [9.17, 15) is 43.3 Å². The molecular formula is C109H119F3N24O6. The molecule has 6 saturated heterocycles. The summed E-state index contributed by atoms with van der Waals surface area (Å²) in [7, 11) is 8.28. The maximum Gasteiger partial charge on any atom is 0.421 e. The van der Waals surface area contributed by atoms with Gasteiger partial charge in [0.15, 0.2) is 0 Å². The smallest absolute Gasteiger partial charge is 0.421 e. The van der Waals surface area contributed by atoms with Crippen LogP contribution in [0.4, 0.5) is 47.7 Å². The number of alkyl halides is 3. The monoisotopic (exact) mass is 1920 g/mol. The molecule has 6 fully saturated rings. The van der Waals surface area contributed by atoms with E-state index in [0.717, 1.165) is 151 Å². The summed E-state index contributed by atoms with van der Waals surface area (Å²) in [5.41, 5.74) is 14.6. The third kappa shape index (κ3) is 19.6. The van der Waals surface area contributed by atoms with E-state index in [-0.39, 0.29) is 105 Å². The summed E-state index contributed by atoms with van der Waals surface area (Å²) in [6.07, 6.45) is 12.5. The maximum absolute atomic E-state index is 14.2. The van der Waals surface area contributed by atoms with Crippen molar-refractivity contribution in [2.45, 2.75) is 159 Å². The third-order valence-electron chi connectivity index (χ3n) is 30.8. The number of anilines is 6. The minimum absolute atomic E-state index is 0.0193. The average Bonchev–Trinajstić information content (AvgIpc) is 1.18. The van der Waals surface area contributed by atoms with Gasteiger partial charge in [-0.05, 0) is 192 Å². The Kier molecular flexibility index (Phi) is 27.3. The van der Waals surface area contributed by atoms with E-state index in [1.54, 1.807) is 46.3 Å². The molecular weight excluding hydrogens is 1800 g/mol. The van der Waals surface area contributed by atoms with Crippen LogP contribution in [-0.2, 0) is 60.3 Å². The predicted octanol–water partition coefficient (Wildman–Crippen LogP) is 13.8. The Bertz CT molecular complexity index is 6870. The number of hydrogen-bond acceptors (Lipinski definition) is 26. The Morgan fingerprint density at radius 3 is 1.49 bits per heavy atom. The molecule has 5 aromatic heterocycles. The van der Waals surface area contributed by atoms with Crippen molar-refractivity contribution in [1.29, 1.82) is 15.8 Å². The number of carbonyl (C=O) groups excluding carboxylic acids is 3. The Morgan fingerprint density at radius 1 is 0.479 bits per heavy atom. The van der Waals surface area contributed by atoms with Crippen LogP contribution in [0.25, 0.3) is 44.5 Å². The SMILES string of the molecule is C=C(C(=O)N1CCN(c2nc(OC[C@@H]3CC(c4cc(N5CCc6c(nc(OC[C@@H]7CC(c8ccc(N9CCc%10c(nc(OC[C@@H]%11CCCN%11C)nc%10N%10CCN(C(=O)/C=C/c%11cnn(C)c%11)[C@@H](CC#N)C%10)C9)c9c(C)cccc89)CN7C)nc6N6CCN(C(=O)/C=C/c7ccccn7)[C@@H](CC#N)C6)C5)c5c(C)cccc5c4)CN3C)nc3c2CCN(c2cccc4cccc(C)c24)C3)C[C@@H]1CC#N)C(F)(F)F. The summed E-state index contributed by atoms with van der Waals surface area (Å²) >= 11 is 0. The van der Waals surface area contributed by atoms with E-state index < -0.39 is 29.7 Å². The van der Waals surface area contributed by atoms with E-state index in [2.05, 4.69) is 213 Å². The minimum atomic E-state index is -4.93. The third-order valence-corrected chi connectivity index (χ3v) is 30.8. The van der Waals surface area contributed by atoms with Crippen LogP contribution in [0.3, 0.4) is 0 Å². The number of carbonyl (C=O) groups is 3. The first kappa shape index (κ1) is 95.2. The molecule has 732 valence electrons. The summed E-state index contributed by atoms with van der Waals surface area (Å²) in [6.45, 7) is 19.2. The molecule has 0 saturated carbocycles. The highest BCUT2D eigenvalue weighted by molar-refractivity contribution is 6.01. The Balaban J connectivity index is 0.563. The fraction of sp³-hybridized carbons (Fsp3) is 0.431. The van der Waals surface area contributed by atoms with Gasteiger partial charge in [0.05, 0.1) is 104 Å². The summed E-state index contributed by atoms with van der Waals surface area (Å²) in [5, 5.41) is 41.9. The van der Waals surface area contributed by atoms with Crippen LogP contribution >= 0.6 is 0 Å². The molecule has 8 atom stereocenters. The van der Waals surface area contributed by atoms with Gasteiger partial charge in [0, 0.05) is 197 Å². The first-order valence-corrected chi connectivity index (χ1v) is 49.6. The molecule has 0 aliphatic carbocycles. The number of benzene rings is 6. The lowest BCUT2D eigenvalue weighted by Gasteiger charge is -2.42. The van der Waals surface area contributed by atoms with E-state index in [1.165, 1.54) is 27.5 Å². The number of nitriles is 3. The molecule has 0 spiro atoms. The van der Waals surface area contributed by atoms with Crippen molar-refractivity contribution in [2.75, 3.05) is 169 Å². The van der Waals surface area contributed by atoms with Crippen LogP contribution in [0.2, 0.25) is 0 Å². The lowest BCUT2D eigenvalue weighted by atomic mass is 9.89. The molecule has 9 aliphatic heterocycles. The molecule has 0 bridgehead atoms. The van der Waals surface area contributed by atoms with Crippen molar-refractivity contribution in [3.63, 3.8) is 0 Å². The fourth-order valence-corrected chi connectivity index (χ4v) is 23.2. The predicted molar refractivity (Wildman–Crippen MR) is 541 cm³/mol. The second-order valence-electron chi connectivity index (χ2n) is 39.7. The van der Waals surface area contributed by atoms with Crippen LogP contribution in [-0.4, -0.2) is 273 Å². The second kappa shape index (κ2) is 40.7. The van der Waals surface area contributed by atoms with E-state index >= 15 is 0 Å². The molecule has 0 N–H and O–H groups in total. The van der Waals surface area contributed by atoms with E-state index in [0.29, 0.717) is 129 Å². The molecule has 3 amide bonds. The van der Waals surface area contributed by atoms with Crippen LogP contribution in [0.15, 0.2) is 158 Å². The molecule has 6 aromatic carbocycles. The van der Waals surface area contributed by atoms with Gasteiger partial charge in [0.1, 0.15) is 42.8 Å². The number of halogens is 3. The van der Waals surface area contributed by atoms with Gasteiger partial charge in [-0.1, -0.05) is 91.5 Å². The number of amides is 3. The summed E-state index contributed by atoms with van der Waals surface area (Å²) in [6, 6.07) is 46.8. The van der Waals surface area contributed by atoms with Crippen LogP contribution in [0, 0.1) is 54.8 Å². The maximum atomic E-state index is 14.2. The van der Waals surface area contributed by atoms with Gasteiger partial charge in [-0.25, -0.2) is 0 Å². The number of hydrogen-bond donors (Lipinski definition) is 0. The van der Waals surface area contributed by atoms with Crippen molar-refractivity contribution in [3.05, 3.63) is 231 Å². The van der Waals surface area contributed by atoms with Crippen LogP contribution < -0.4 is 43.6 Å². The highest BCUT2D eigenvalue weighted by Crippen LogP contribution is 2.47. The van der Waals surface area contributed by atoms with E-state index in [4.69, 9.17) is 44.1 Å². The van der Waals surface area contributed by atoms with Gasteiger partial charge in [0.25, 0.3) is 5.91 Å². The van der Waals surface area contributed by atoms with Gasteiger partial charge >= 0.3 is 24.2 Å². The van der Waals surface area contributed by atoms with Crippen molar-refractivity contribution in [3.8, 4) is 36.2 Å². The molecule has 9 aliphatic rings. The number of nitrogens with zero attached hydrogens (tertiary/aromatic N) is 24. The topological polar surface area (TPSA) is 297 Å². The highest BCUT2D eigenvalue weighted by atomic mass is 19.4.